The van der Waals surface area contributed by atoms with Crippen molar-refractivity contribution in [2.24, 2.45) is 0 Å². The largest absolute Gasteiger partial charge is 0.436 e. The smallest absolute Gasteiger partial charge is 0.307 e. The summed E-state index contributed by atoms with van der Waals surface area (Å²) in [6.45, 7) is 4.13. The molecule has 0 saturated carbocycles. The van der Waals surface area contributed by atoms with Crippen molar-refractivity contribution in [3.8, 4) is 0 Å². The molecule has 3 nitrogen and oxygen atoms in total. The third-order valence-corrected chi connectivity index (χ3v) is 7.75. The van der Waals surface area contributed by atoms with Gasteiger partial charge in [0.1, 0.15) is 5.03 Å². The van der Waals surface area contributed by atoms with E-state index in [-0.39, 0.29) is 5.91 Å². The van der Waals surface area contributed by atoms with Gasteiger partial charge >= 0.3 is 5.91 Å². The van der Waals surface area contributed by atoms with Gasteiger partial charge in [-0.2, -0.15) is 0 Å². The van der Waals surface area contributed by atoms with Crippen LogP contribution in [0.15, 0.2) is 75.6 Å². The Labute approximate surface area is 172 Å². The number of para-hydroxylation sites is 1. The number of hydrogen-bond acceptors (Lipinski definition) is 5. The summed E-state index contributed by atoms with van der Waals surface area (Å²) in [6.07, 6.45) is 2.02. The van der Waals surface area contributed by atoms with Crippen molar-refractivity contribution in [2.75, 3.05) is 11.2 Å². The van der Waals surface area contributed by atoms with Crippen LogP contribution in [0.5, 0.6) is 0 Å². The SMILES string of the molecule is CSC1=[N+](c2ccc(C)cc2)C(=O)/C(=C2\SC=C(C)N2c2ccccc2)S1. The molecule has 2 aliphatic heterocycles. The zero-order chi connectivity index (χ0) is 19.0. The number of amides is 1. The molecule has 0 spiro atoms. The molecule has 2 aromatic carbocycles. The van der Waals surface area contributed by atoms with Crippen LogP contribution in [0.25, 0.3) is 0 Å². The lowest BCUT2D eigenvalue weighted by molar-refractivity contribution is -0.354. The van der Waals surface area contributed by atoms with Gasteiger partial charge < -0.3 is 4.90 Å². The molecule has 27 heavy (non-hydrogen) atoms. The molecule has 136 valence electrons. The number of carbonyl (C=O) groups is 1. The number of allylic oxidation sites excluding steroid dienone is 1. The van der Waals surface area contributed by atoms with Crippen LogP contribution >= 0.6 is 35.3 Å². The van der Waals surface area contributed by atoms with Gasteiger partial charge in [0.15, 0.2) is 4.91 Å². The molecule has 0 fully saturated rings. The molecule has 2 aliphatic rings. The lowest BCUT2D eigenvalue weighted by Crippen LogP contribution is -2.19. The van der Waals surface area contributed by atoms with Crippen molar-refractivity contribution in [1.82, 2.24) is 0 Å². The van der Waals surface area contributed by atoms with Gasteiger partial charge in [0, 0.05) is 35.3 Å². The molecule has 2 aromatic rings. The highest BCUT2D eigenvalue weighted by Crippen LogP contribution is 2.46. The van der Waals surface area contributed by atoms with E-state index in [0.29, 0.717) is 0 Å². The molecule has 2 heterocycles. The molecule has 0 radical (unpaired) electrons. The Morgan fingerprint density at radius 1 is 1.00 bits per heavy atom. The van der Waals surface area contributed by atoms with Crippen LogP contribution in [0.2, 0.25) is 0 Å². The fourth-order valence-electron chi connectivity index (χ4n) is 3.01. The lowest BCUT2D eigenvalue weighted by Gasteiger charge is -2.21. The molecule has 1 amide bonds. The molecule has 0 saturated heterocycles. The molecule has 0 unspecified atom stereocenters. The molecule has 0 N–H and O–H groups in total. The number of carbonyl (C=O) groups excluding carboxylic acids is 1. The first-order chi connectivity index (χ1) is 13.1. The summed E-state index contributed by atoms with van der Waals surface area (Å²) in [5.74, 6) is 0.0414. The third kappa shape index (κ3) is 3.37. The molecular formula is C21H19N2OS3+. The van der Waals surface area contributed by atoms with E-state index in [1.54, 1.807) is 35.3 Å². The van der Waals surface area contributed by atoms with Crippen molar-refractivity contribution in [3.63, 3.8) is 0 Å². The molecule has 4 rings (SSSR count). The molecule has 0 bridgehead atoms. The topological polar surface area (TPSA) is 23.3 Å². The summed E-state index contributed by atoms with van der Waals surface area (Å²) >= 11 is 4.79. The minimum atomic E-state index is 0.0414. The van der Waals surface area contributed by atoms with Gasteiger partial charge in [0.25, 0.3) is 4.38 Å². The van der Waals surface area contributed by atoms with Crippen molar-refractivity contribution < 1.29 is 9.37 Å². The molecule has 6 heteroatoms. The van der Waals surface area contributed by atoms with Gasteiger partial charge in [-0.05, 0) is 37.6 Å². The first kappa shape index (κ1) is 18.5. The average Bonchev–Trinajstić information content (AvgIpc) is 3.23. The van der Waals surface area contributed by atoms with Crippen LogP contribution in [0.3, 0.4) is 0 Å². The highest BCUT2D eigenvalue weighted by Gasteiger charge is 2.43. The van der Waals surface area contributed by atoms with E-state index in [2.05, 4.69) is 36.3 Å². The fraction of sp³-hybridized carbons (Fsp3) is 0.143. The van der Waals surface area contributed by atoms with E-state index < -0.39 is 0 Å². The molecular weight excluding hydrogens is 392 g/mol. The van der Waals surface area contributed by atoms with Crippen molar-refractivity contribution >= 4 is 56.9 Å². The van der Waals surface area contributed by atoms with Crippen LogP contribution in [0.4, 0.5) is 11.4 Å². The van der Waals surface area contributed by atoms with Gasteiger partial charge in [-0.1, -0.05) is 59.4 Å². The number of thioether (sulfide) groups is 3. The summed E-state index contributed by atoms with van der Waals surface area (Å²) in [7, 11) is 0. The second-order valence-corrected chi connectivity index (χ2v) is 9.14. The van der Waals surface area contributed by atoms with Gasteiger partial charge in [-0.15, -0.1) is 4.58 Å². The number of anilines is 1. The Balaban J connectivity index is 1.77. The van der Waals surface area contributed by atoms with Gasteiger partial charge in [0.2, 0.25) is 5.69 Å². The van der Waals surface area contributed by atoms with E-state index in [4.69, 9.17) is 0 Å². The van der Waals surface area contributed by atoms with Crippen LogP contribution in [0, 0.1) is 6.92 Å². The predicted octanol–water partition coefficient (Wildman–Crippen LogP) is 5.92. The van der Waals surface area contributed by atoms with E-state index in [0.717, 1.165) is 31.4 Å². The maximum Gasteiger partial charge on any atom is 0.436 e. The quantitative estimate of drug-likeness (QED) is 0.451. The minimum absolute atomic E-state index is 0.0414. The first-order valence-electron chi connectivity index (χ1n) is 8.53. The summed E-state index contributed by atoms with van der Waals surface area (Å²) < 4.78 is 2.82. The zero-order valence-corrected chi connectivity index (χ0v) is 17.8. The number of hydrogen-bond donors (Lipinski definition) is 0. The summed E-state index contributed by atoms with van der Waals surface area (Å²) in [5.41, 5.74) is 4.30. The van der Waals surface area contributed by atoms with Crippen molar-refractivity contribution in [3.05, 3.63) is 81.2 Å². The summed E-state index contributed by atoms with van der Waals surface area (Å²) in [5, 5.41) is 3.09. The second kappa shape index (κ2) is 7.62. The first-order valence-corrected chi connectivity index (χ1v) is 11.4. The normalized spacial score (nSPS) is 19.9. The summed E-state index contributed by atoms with van der Waals surface area (Å²) in [4.78, 5) is 16.3. The average molecular weight is 412 g/mol. The monoisotopic (exact) mass is 411 g/mol. The third-order valence-electron chi connectivity index (χ3n) is 4.34. The van der Waals surface area contributed by atoms with Crippen LogP contribution in [-0.2, 0) is 4.79 Å². The number of aryl methyl sites for hydroxylation is 1. The Kier molecular flexibility index (Phi) is 5.21. The Morgan fingerprint density at radius 3 is 2.37 bits per heavy atom. The highest BCUT2D eigenvalue weighted by atomic mass is 32.2. The minimum Gasteiger partial charge on any atom is -0.307 e. The molecule has 0 atom stereocenters. The van der Waals surface area contributed by atoms with Crippen LogP contribution in [0.1, 0.15) is 12.5 Å². The zero-order valence-electron chi connectivity index (χ0n) is 15.3. The molecule has 0 aromatic heterocycles. The second-order valence-electron chi connectivity index (χ2n) is 6.23. The van der Waals surface area contributed by atoms with E-state index >= 15 is 0 Å². The summed E-state index contributed by atoms with van der Waals surface area (Å²) in [6, 6.07) is 18.3. The van der Waals surface area contributed by atoms with Gasteiger partial charge in [-0.3, -0.25) is 0 Å². The Morgan fingerprint density at radius 2 is 1.70 bits per heavy atom. The van der Waals surface area contributed by atoms with Crippen molar-refractivity contribution in [2.45, 2.75) is 13.8 Å². The Hall–Kier alpha value is -1.89. The number of benzene rings is 2. The number of nitrogens with zero attached hydrogens (tertiary/aromatic N) is 2. The number of rotatable bonds is 2. The van der Waals surface area contributed by atoms with Crippen LogP contribution in [-0.4, -0.2) is 21.1 Å². The lowest BCUT2D eigenvalue weighted by atomic mass is 10.2. The maximum absolute atomic E-state index is 13.4. The maximum atomic E-state index is 13.4. The van der Waals surface area contributed by atoms with Gasteiger partial charge in [0.05, 0.1) is 0 Å². The predicted molar refractivity (Wildman–Crippen MR) is 120 cm³/mol. The van der Waals surface area contributed by atoms with E-state index in [9.17, 15) is 4.79 Å². The van der Waals surface area contributed by atoms with E-state index in [1.807, 2.05) is 53.3 Å². The van der Waals surface area contributed by atoms with Crippen LogP contribution < -0.4 is 4.90 Å². The van der Waals surface area contributed by atoms with E-state index in [1.165, 1.54) is 5.56 Å². The fourth-order valence-corrected chi connectivity index (χ4v) is 5.98. The standard InChI is InChI=1S/C21H19N2OS3/c1-14-9-11-17(12-10-14)23-19(24)18(27-21(23)25-3)20-22(15(2)13-26-20)16-7-5-4-6-8-16/h4-13H,1-3H3/q+1/b20-18+. The molecule has 0 aliphatic carbocycles. The van der Waals surface area contributed by atoms with Crippen molar-refractivity contribution in [1.29, 1.82) is 0 Å². The Bertz CT molecular complexity index is 992. The van der Waals surface area contributed by atoms with Gasteiger partial charge in [-0.25, -0.2) is 4.79 Å². The highest BCUT2D eigenvalue weighted by molar-refractivity contribution is 8.40.